The van der Waals surface area contributed by atoms with Gasteiger partial charge in [0.05, 0.1) is 13.2 Å². The fourth-order valence-corrected chi connectivity index (χ4v) is 1.73. The van der Waals surface area contributed by atoms with Crippen LogP contribution in [0.25, 0.3) is 0 Å². The number of amides is 2. The summed E-state index contributed by atoms with van der Waals surface area (Å²) in [6.07, 6.45) is 6.72. The number of hydrogen-bond donors (Lipinski definition) is 1. The Kier molecular flexibility index (Phi) is 5.84. The van der Waals surface area contributed by atoms with Crippen molar-refractivity contribution in [2.24, 2.45) is 0 Å². The number of carbonyl (C=O) groups is 3. The van der Waals surface area contributed by atoms with Gasteiger partial charge >= 0.3 is 18.0 Å². The van der Waals surface area contributed by atoms with Crippen molar-refractivity contribution in [2.45, 2.75) is 25.8 Å². The van der Waals surface area contributed by atoms with Crippen LogP contribution in [-0.4, -0.2) is 65.2 Å². The van der Waals surface area contributed by atoms with E-state index in [1.165, 1.54) is 4.90 Å². The Bertz CT molecular complexity index is 425. The summed E-state index contributed by atoms with van der Waals surface area (Å²) < 4.78 is 4.81. The first-order chi connectivity index (χ1) is 9.49. The third-order valence-electron chi connectivity index (χ3n) is 2.72. The molecular weight excluding hydrogens is 264 g/mol. The number of urea groups is 1. The maximum atomic E-state index is 12.3. The van der Waals surface area contributed by atoms with E-state index >= 15 is 0 Å². The zero-order chi connectivity index (χ0) is 15.1. The summed E-state index contributed by atoms with van der Waals surface area (Å²) in [6, 6.07) is -0.582. The van der Waals surface area contributed by atoms with Crippen LogP contribution in [0.5, 0.6) is 0 Å². The average Bonchev–Trinajstić information content (AvgIpc) is 3.18. The average molecular weight is 282 g/mol. The monoisotopic (exact) mass is 282 g/mol. The topological polar surface area (TPSA) is 87.2 Å². The number of esters is 1. The van der Waals surface area contributed by atoms with Crippen LogP contribution >= 0.6 is 0 Å². The number of carboxylic acid groups (broad SMARTS) is 1. The number of hydrogen-bond acceptors (Lipinski definition) is 4. The number of nitrogens with zero attached hydrogens (tertiary/aromatic N) is 2. The SMILES string of the molecule is C#CCN(CC(=O)O)C(=O)N(CC(=O)OCC)C1CC1. The Morgan fingerprint density at radius 1 is 1.35 bits per heavy atom. The highest BCUT2D eigenvalue weighted by Crippen LogP contribution is 2.27. The van der Waals surface area contributed by atoms with Crippen molar-refractivity contribution in [1.29, 1.82) is 0 Å². The third-order valence-corrected chi connectivity index (χ3v) is 2.72. The van der Waals surface area contributed by atoms with Crippen molar-refractivity contribution in [3.05, 3.63) is 0 Å². The fourth-order valence-electron chi connectivity index (χ4n) is 1.73. The molecule has 2 amide bonds. The van der Waals surface area contributed by atoms with Crippen molar-refractivity contribution in [3.63, 3.8) is 0 Å². The maximum Gasteiger partial charge on any atom is 0.325 e. The summed E-state index contributed by atoms with van der Waals surface area (Å²) in [5.41, 5.74) is 0. The van der Waals surface area contributed by atoms with Gasteiger partial charge in [-0.15, -0.1) is 6.42 Å². The third kappa shape index (κ3) is 4.80. The van der Waals surface area contributed by atoms with Gasteiger partial charge in [0.25, 0.3) is 0 Å². The quantitative estimate of drug-likeness (QED) is 0.530. The van der Waals surface area contributed by atoms with Gasteiger partial charge in [-0.2, -0.15) is 0 Å². The molecule has 0 aromatic heterocycles. The van der Waals surface area contributed by atoms with Crippen molar-refractivity contribution in [3.8, 4) is 12.3 Å². The molecule has 0 unspecified atom stereocenters. The highest BCUT2D eigenvalue weighted by Gasteiger charge is 2.36. The molecule has 20 heavy (non-hydrogen) atoms. The summed E-state index contributed by atoms with van der Waals surface area (Å²) in [4.78, 5) is 36.9. The summed E-state index contributed by atoms with van der Waals surface area (Å²) >= 11 is 0. The summed E-state index contributed by atoms with van der Waals surface area (Å²) in [5.74, 6) is 0.583. The predicted octanol–water partition coefficient (Wildman–Crippen LogP) is 0.154. The summed E-state index contributed by atoms with van der Waals surface area (Å²) in [5, 5.41) is 8.79. The molecule has 1 fully saturated rings. The van der Waals surface area contributed by atoms with E-state index < -0.39 is 24.5 Å². The number of carboxylic acids is 1. The molecule has 0 atom stereocenters. The van der Waals surface area contributed by atoms with Crippen molar-refractivity contribution < 1.29 is 24.2 Å². The lowest BCUT2D eigenvalue weighted by atomic mass is 10.4. The van der Waals surface area contributed by atoms with Gasteiger partial charge in [0.1, 0.15) is 13.1 Å². The molecule has 7 nitrogen and oxygen atoms in total. The Labute approximate surface area is 117 Å². The highest BCUT2D eigenvalue weighted by molar-refractivity contribution is 5.84. The molecule has 0 aromatic carbocycles. The first kappa shape index (κ1) is 15.8. The molecule has 0 aromatic rings. The normalized spacial score (nSPS) is 13.2. The number of terminal acetylenes is 1. The van der Waals surface area contributed by atoms with Crippen molar-refractivity contribution >= 4 is 18.0 Å². The minimum Gasteiger partial charge on any atom is -0.480 e. The molecule has 0 saturated heterocycles. The van der Waals surface area contributed by atoms with E-state index in [1.54, 1.807) is 6.92 Å². The minimum absolute atomic E-state index is 0.0408. The zero-order valence-corrected chi connectivity index (χ0v) is 11.4. The molecule has 7 heteroatoms. The lowest BCUT2D eigenvalue weighted by Crippen LogP contribution is -2.48. The van der Waals surface area contributed by atoms with Crippen LogP contribution in [0.4, 0.5) is 4.79 Å². The van der Waals surface area contributed by atoms with E-state index in [9.17, 15) is 14.4 Å². The van der Waals surface area contributed by atoms with E-state index in [-0.39, 0.29) is 25.7 Å². The molecular formula is C13H18N2O5. The van der Waals surface area contributed by atoms with E-state index in [1.807, 2.05) is 0 Å². The van der Waals surface area contributed by atoms with E-state index in [4.69, 9.17) is 16.3 Å². The summed E-state index contributed by atoms with van der Waals surface area (Å²) in [6.45, 7) is 1.12. The highest BCUT2D eigenvalue weighted by atomic mass is 16.5. The number of carbonyl (C=O) groups excluding carboxylic acids is 2. The van der Waals surface area contributed by atoms with Crippen molar-refractivity contribution in [1.82, 2.24) is 9.80 Å². The molecule has 0 heterocycles. The van der Waals surface area contributed by atoms with Crippen LogP contribution in [-0.2, 0) is 14.3 Å². The molecule has 110 valence electrons. The van der Waals surface area contributed by atoms with Crippen LogP contribution in [0.2, 0.25) is 0 Å². The second kappa shape index (κ2) is 7.38. The van der Waals surface area contributed by atoms with Crippen LogP contribution in [0.3, 0.4) is 0 Å². The van der Waals surface area contributed by atoms with Gasteiger partial charge < -0.3 is 19.6 Å². The van der Waals surface area contributed by atoms with Crippen molar-refractivity contribution in [2.75, 3.05) is 26.2 Å². The summed E-state index contributed by atoms with van der Waals surface area (Å²) in [7, 11) is 0. The van der Waals surface area contributed by atoms with Gasteiger partial charge in [-0.1, -0.05) is 5.92 Å². The Hall–Kier alpha value is -2.23. The van der Waals surface area contributed by atoms with Crippen LogP contribution < -0.4 is 0 Å². The van der Waals surface area contributed by atoms with Gasteiger partial charge in [0.2, 0.25) is 0 Å². The lowest BCUT2D eigenvalue weighted by molar-refractivity contribution is -0.144. The maximum absolute atomic E-state index is 12.3. The Morgan fingerprint density at radius 3 is 2.45 bits per heavy atom. The number of rotatable bonds is 7. The predicted molar refractivity (Wildman–Crippen MR) is 69.8 cm³/mol. The van der Waals surface area contributed by atoms with Crippen LogP contribution in [0.1, 0.15) is 19.8 Å². The largest absolute Gasteiger partial charge is 0.480 e. The van der Waals surface area contributed by atoms with Gasteiger partial charge in [-0.05, 0) is 19.8 Å². The molecule has 0 bridgehead atoms. The first-order valence-electron chi connectivity index (χ1n) is 6.36. The molecule has 1 rings (SSSR count). The Balaban J connectivity index is 2.73. The number of aliphatic carboxylic acids is 1. The standard InChI is InChI=1S/C13H18N2O5/c1-3-7-14(8-11(16)17)13(19)15(10-5-6-10)9-12(18)20-4-2/h1,10H,4-9H2,2H3,(H,16,17). The van der Waals surface area contributed by atoms with E-state index in [2.05, 4.69) is 5.92 Å². The molecule has 1 aliphatic carbocycles. The zero-order valence-electron chi connectivity index (χ0n) is 11.4. The smallest absolute Gasteiger partial charge is 0.325 e. The second-order valence-corrected chi connectivity index (χ2v) is 4.40. The van der Waals surface area contributed by atoms with Crippen LogP contribution in [0.15, 0.2) is 0 Å². The molecule has 0 spiro atoms. The van der Waals surface area contributed by atoms with Gasteiger partial charge in [0, 0.05) is 6.04 Å². The van der Waals surface area contributed by atoms with Gasteiger partial charge in [-0.3, -0.25) is 9.59 Å². The molecule has 0 aliphatic heterocycles. The van der Waals surface area contributed by atoms with E-state index in [0.717, 1.165) is 17.7 Å². The molecule has 1 aliphatic rings. The van der Waals surface area contributed by atoms with Gasteiger partial charge in [-0.25, -0.2) is 4.79 Å². The van der Waals surface area contributed by atoms with E-state index in [0.29, 0.717) is 0 Å². The molecule has 1 N–H and O–H groups in total. The molecule has 0 radical (unpaired) electrons. The van der Waals surface area contributed by atoms with Gasteiger partial charge in [0.15, 0.2) is 0 Å². The fraction of sp³-hybridized carbons (Fsp3) is 0.615. The first-order valence-corrected chi connectivity index (χ1v) is 6.36. The minimum atomic E-state index is -1.15. The lowest BCUT2D eigenvalue weighted by Gasteiger charge is -2.28. The Morgan fingerprint density at radius 2 is 2.00 bits per heavy atom. The second-order valence-electron chi connectivity index (χ2n) is 4.40. The van der Waals surface area contributed by atoms with Crippen LogP contribution in [0, 0.1) is 12.3 Å². The number of ether oxygens (including phenoxy) is 1. The molecule has 1 saturated carbocycles.